The molecule has 1 aliphatic rings. The molecule has 4 rings (SSSR count). The third kappa shape index (κ3) is 5.39. The lowest BCUT2D eigenvalue weighted by Gasteiger charge is -2.35. The maximum Gasteiger partial charge on any atom is 0.137 e. The van der Waals surface area contributed by atoms with Gasteiger partial charge in [-0.05, 0) is 36.8 Å². The number of aliphatic hydroxyl groups is 1. The summed E-state index contributed by atoms with van der Waals surface area (Å²) >= 11 is 5.89. The van der Waals surface area contributed by atoms with E-state index in [-0.39, 0.29) is 0 Å². The number of ether oxygens (including phenoxy) is 1. The maximum atomic E-state index is 10.3. The molecule has 30 heavy (non-hydrogen) atoms. The van der Waals surface area contributed by atoms with Crippen molar-refractivity contribution in [1.29, 1.82) is 0 Å². The summed E-state index contributed by atoms with van der Waals surface area (Å²) in [7, 11) is 0. The third-order valence-electron chi connectivity index (χ3n) is 5.63. The molecule has 1 fully saturated rings. The summed E-state index contributed by atoms with van der Waals surface area (Å²) in [6, 6.07) is 13.7. The predicted octanol–water partition coefficient (Wildman–Crippen LogP) is 2.99. The predicted molar refractivity (Wildman–Crippen MR) is 119 cm³/mol. The minimum atomic E-state index is -0.482. The summed E-state index contributed by atoms with van der Waals surface area (Å²) in [5.74, 6) is 0. The first-order valence-corrected chi connectivity index (χ1v) is 10.8. The molecule has 0 saturated carbocycles. The van der Waals surface area contributed by atoms with Crippen molar-refractivity contribution in [2.45, 2.75) is 26.2 Å². The van der Waals surface area contributed by atoms with Crippen molar-refractivity contribution in [1.82, 2.24) is 19.2 Å². The number of rotatable bonds is 8. The van der Waals surface area contributed by atoms with Crippen LogP contribution in [-0.2, 0) is 17.9 Å². The number of piperazine rings is 1. The quantitative estimate of drug-likeness (QED) is 0.597. The second-order valence-electron chi connectivity index (χ2n) is 7.94. The Morgan fingerprint density at radius 2 is 1.80 bits per heavy atom. The highest BCUT2D eigenvalue weighted by atomic mass is 35.5. The molecule has 0 amide bonds. The van der Waals surface area contributed by atoms with Gasteiger partial charge in [0, 0.05) is 50.5 Å². The van der Waals surface area contributed by atoms with Crippen LogP contribution < -0.4 is 0 Å². The van der Waals surface area contributed by atoms with Crippen molar-refractivity contribution in [3.63, 3.8) is 0 Å². The average Bonchev–Trinajstić information content (AvgIpc) is 3.06. The second kappa shape index (κ2) is 9.90. The fourth-order valence-electron chi connectivity index (χ4n) is 3.94. The molecule has 0 radical (unpaired) electrons. The van der Waals surface area contributed by atoms with Gasteiger partial charge in [0.1, 0.15) is 5.65 Å². The number of aryl methyl sites for hydroxylation is 1. The molecule has 0 bridgehead atoms. The number of imidazole rings is 1. The summed E-state index contributed by atoms with van der Waals surface area (Å²) < 4.78 is 7.85. The van der Waals surface area contributed by atoms with Gasteiger partial charge in [-0.3, -0.25) is 9.80 Å². The van der Waals surface area contributed by atoms with Crippen LogP contribution in [0.2, 0.25) is 5.02 Å². The van der Waals surface area contributed by atoms with Gasteiger partial charge < -0.3 is 14.2 Å². The smallest absolute Gasteiger partial charge is 0.137 e. The largest absolute Gasteiger partial charge is 0.389 e. The van der Waals surface area contributed by atoms with Crippen LogP contribution in [0.15, 0.2) is 48.7 Å². The maximum absolute atomic E-state index is 10.3. The highest BCUT2D eigenvalue weighted by Crippen LogP contribution is 2.16. The first kappa shape index (κ1) is 21.3. The van der Waals surface area contributed by atoms with Crippen molar-refractivity contribution in [3.05, 3.63) is 70.6 Å². The Morgan fingerprint density at radius 3 is 2.57 bits per heavy atom. The molecule has 3 heterocycles. The van der Waals surface area contributed by atoms with E-state index in [0.29, 0.717) is 19.8 Å². The monoisotopic (exact) mass is 428 g/mol. The minimum Gasteiger partial charge on any atom is -0.389 e. The van der Waals surface area contributed by atoms with E-state index in [0.717, 1.165) is 54.7 Å². The molecule has 1 aromatic carbocycles. The van der Waals surface area contributed by atoms with Gasteiger partial charge in [-0.25, -0.2) is 4.98 Å². The van der Waals surface area contributed by atoms with Gasteiger partial charge in [0.15, 0.2) is 0 Å². The molecule has 2 aromatic heterocycles. The molecular formula is C23H29ClN4O2. The van der Waals surface area contributed by atoms with Crippen molar-refractivity contribution >= 4 is 17.2 Å². The number of fused-ring (bicyclic) bond motifs is 1. The summed E-state index contributed by atoms with van der Waals surface area (Å²) in [5, 5.41) is 11.1. The topological polar surface area (TPSA) is 53.2 Å². The van der Waals surface area contributed by atoms with Crippen molar-refractivity contribution < 1.29 is 9.84 Å². The standard InChI is InChI=1S/C23H29ClN4O2/c1-18-22(28-9-3-2-4-23(28)25-18)15-27-12-10-26(11-13-27)14-21(29)17-30-16-19-5-7-20(24)8-6-19/h2-9,21,29H,10-17H2,1H3/t21-/m0/s1. The molecule has 0 aliphatic carbocycles. The fourth-order valence-corrected chi connectivity index (χ4v) is 4.07. The Labute approximate surface area is 182 Å². The van der Waals surface area contributed by atoms with Gasteiger partial charge in [-0.2, -0.15) is 0 Å². The van der Waals surface area contributed by atoms with Gasteiger partial charge in [0.2, 0.25) is 0 Å². The Hall–Kier alpha value is -1.96. The molecular weight excluding hydrogens is 400 g/mol. The van der Waals surface area contributed by atoms with Crippen molar-refractivity contribution in [3.8, 4) is 0 Å². The normalized spacial score (nSPS) is 16.9. The van der Waals surface area contributed by atoms with Crippen molar-refractivity contribution in [2.24, 2.45) is 0 Å². The SMILES string of the molecule is Cc1nc2ccccn2c1CN1CCN(C[C@H](O)COCc2ccc(Cl)cc2)CC1. The van der Waals surface area contributed by atoms with Crippen LogP contribution in [0.25, 0.3) is 5.65 Å². The fraction of sp³-hybridized carbons (Fsp3) is 0.435. The number of nitrogens with zero attached hydrogens (tertiary/aromatic N) is 4. The second-order valence-corrected chi connectivity index (χ2v) is 8.38. The molecule has 6 nitrogen and oxygen atoms in total. The average molecular weight is 429 g/mol. The number of halogens is 1. The number of aromatic nitrogens is 2. The molecule has 0 spiro atoms. The van der Waals surface area contributed by atoms with Crippen LogP contribution >= 0.6 is 11.6 Å². The van der Waals surface area contributed by atoms with E-state index in [1.165, 1.54) is 5.69 Å². The summed E-state index contributed by atoms with van der Waals surface area (Å²) in [5.41, 5.74) is 4.42. The lowest BCUT2D eigenvalue weighted by molar-refractivity contribution is 0.000778. The van der Waals surface area contributed by atoms with E-state index in [1.807, 2.05) is 42.5 Å². The number of pyridine rings is 1. The third-order valence-corrected chi connectivity index (χ3v) is 5.88. The molecule has 1 saturated heterocycles. The molecule has 1 atom stereocenters. The molecule has 0 unspecified atom stereocenters. The lowest BCUT2D eigenvalue weighted by atomic mass is 10.2. The molecule has 160 valence electrons. The van der Waals surface area contributed by atoms with E-state index >= 15 is 0 Å². The first-order chi connectivity index (χ1) is 14.6. The first-order valence-electron chi connectivity index (χ1n) is 10.5. The van der Waals surface area contributed by atoms with E-state index in [4.69, 9.17) is 16.3 Å². The van der Waals surface area contributed by atoms with E-state index < -0.39 is 6.10 Å². The number of hydrogen-bond acceptors (Lipinski definition) is 5. The minimum absolute atomic E-state index is 0.337. The zero-order valence-electron chi connectivity index (χ0n) is 17.4. The van der Waals surface area contributed by atoms with E-state index in [2.05, 4.69) is 32.3 Å². The summed E-state index contributed by atoms with van der Waals surface area (Å²) in [4.78, 5) is 9.44. The zero-order chi connectivity index (χ0) is 20.9. The van der Waals surface area contributed by atoms with Crippen LogP contribution in [0.5, 0.6) is 0 Å². The Morgan fingerprint density at radius 1 is 1.07 bits per heavy atom. The summed E-state index contributed by atoms with van der Waals surface area (Å²) in [6.07, 6.45) is 1.60. The van der Waals surface area contributed by atoms with Crippen LogP contribution in [0.3, 0.4) is 0 Å². The highest BCUT2D eigenvalue weighted by Gasteiger charge is 2.21. The Bertz CT molecular complexity index is 951. The zero-order valence-corrected chi connectivity index (χ0v) is 18.1. The van der Waals surface area contributed by atoms with Gasteiger partial charge in [0.05, 0.1) is 30.7 Å². The molecule has 1 N–H and O–H groups in total. The van der Waals surface area contributed by atoms with Crippen LogP contribution in [0, 0.1) is 6.92 Å². The van der Waals surface area contributed by atoms with E-state index in [1.54, 1.807) is 0 Å². The van der Waals surface area contributed by atoms with Crippen LogP contribution in [0.1, 0.15) is 17.0 Å². The lowest BCUT2D eigenvalue weighted by Crippen LogP contribution is -2.48. The molecule has 7 heteroatoms. The molecule has 1 aliphatic heterocycles. The summed E-state index contributed by atoms with van der Waals surface area (Å²) in [6.45, 7) is 8.31. The van der Waals surface area contributed by atoms with Gasteiger partial charge >= 0.3 is 0 Å². The molecule has 3 aromatic rings. The van der Waals surface area contributed by atoms with Gasteiger partial charge in [-0.1, -0.05) is 29.8 Å². The number of benzene rings is 1. The van der Waals surface area contributed by atoms with Crippen LogP contribution in [0.4, 0.5) is 0 Å². The van der Waals surface area contributed by atoms with Crippen molar-refractivity contribution in [2.75, 3.05) is 39.3 Å². The van der Waals surface area contributed by atoms with Crippen LogP contribution in [-0.4, -0.2) is 69.7 Å². The Balaban J connectivity index is 1.19. The highest BCUT2D eigenvalue weighted by molar-refractivity contribution is 6.30. The number of hydrogen-bond donors (Lipinski definition) is 1. The van der Waals surface area contributed by atoms with Gasteiger partial charge in [0.25, 0.3) is 0 Å². The van der Waals surface area contributed by atoms with Gasteiger partial charge in [-0.15, -0.1) is 0 Å². The number of aliphatic hydroxyl groups excluding tert-OH is 1. The van der Waals surface area contributed by atoms with E-state index in [9.17, 15) is 5.11 Å². The Kier molecular flexibility index (Phi) is 7.02. The number of β-amino-alcohol motifs (C(OH)–C–C–N with tert-alkyl or cyclic N) is 1.